The Morgan fingerprint density at radius 2 is 2.07 bits per heavy atom. The lowest BCUT2D eigenvalue weighted by Crippen LogP contribution is -2.13. The van der Waals surface area contributed by atoms with E-state index in [0.717, 1.165) is 6.07 Å². The summed E-state index contributed by atoms with van der Waals surface area (Å²) in [5.41, 5.74) is 5.20. The van der Waals surface area contributed by atoms with Crippen molar-refractivity contribution in [2.45, 2.75) is 12.5 Å². The Balaban J connectivity index is 0.00000196. The van der Waals surface area contributed by atoms with Crippen molar-refractivity contribution in [3.63, 3.8) is 0 Å². The maximum absolute atomic E-state index is 13.4. The second-order valence-corrected chi connectivity index (χ2v) is 3.58. The maximum atomic E-state index is 13.4. The van der Waals surface area contributed by atoms with Gasteiger partial charge in [-0.05, 0) is 28.1 Å². The van der Waals surface area contributed by atoms with Crippen molar-refractivity contribution in [3.05, 3.63) is 33.8 Å². The highest BCUT2D eigenvalue weighted by Gasteiger charge is 2.18. The summed E-state index contributed by atoms with van der Waals surface area (Å²) in [6.07, 6.45) is -0.121. The van der Waals surface area contributed by atoms with Gasteiger partial charge in [0.1, 0.15) is 11.6 Å². The third kappa shape index (κ3) is 3.13. The topological polar surface area (TPSA) is 49.8 Å². The normalized spacial score (nSPS) is 11.4. The van der Waals surface area contributed by atoms with Crippen LogP contribution in [0.4, 0.5) is 8.78 Å². The molecular formula is C9H8BrClF2N2. The Morgan fingerprint density at radius 1 is 1.47 bits per heavy atom. The number of hydrogen-bond donors (Lipinski definition) is 1. The monoisotopic (exact) mass is 296 g/mol. The molecule has 0 saturated heterocycles. The maximum Gasteiger partial charge on any atom is 0.145 e. The van der Waals surface area contributed by atoms with E-state index < -0.39 is 17.7 Å². The SMILES string of the molecule is Cl.N#CC[C@@H](N)c1c(F)ccc(Br)c1F. The van der Waals surface area contributed by atoms with Crippen LogP contribution in [0.25, 0.3) is 0 Å². The van der Waals surface area contributed by atoms with Gasteiger partial charge in [0, 0.05) is 11.6 Å². The third-order valence-corrected chi connectivity index (χ3v) is 2.37. The summed E-state index contributed by atoms with van der Waals surface area (Å²) < 4.78 is 26.7. The highest BCUT2D eigenvalue weighted by atomic mass is 79.9. The predicted molar refractivity (Wildman–Crippen MR) is 58.5 cm³/mol. The van der Waals surface area contributed by atoms with Crippen molar-refractivity contribution in [3.8, 4) is 6.07 Å². The highest BCUT2D eigenvalue weighted by molar-refractivity contribution is 9.10. The number of hydrogen-bond acceptors (Lipinski definition) is 2. The van der Waals surface area contributed by atoms with Crippen LogP contribution in [-0.4, -0.2) is 0 Å². The summed E-state index contributed by atoms with van der Waals surface area (Å²) in [5.74, 6) is -1.47. The first-order chi connectivity index (χ1) is 6.57. The molecule has 15 heavy (non-hydrogen) atoms. The first kappa shape index (κ1) is 14.3. The van der Waals surface area contributed by atoms with E-state index >= 15 is 0 Å². The van der Waals surface area contributed by atoms with Crippen LogP contribution < -0.4 is 5.73 Å². The van der Waals surface area contributed by atoms with E-state index in [1.807, 2.05) is 0 Å². The van der Waals surface area contributed by atoms with Gasteiger partial charge in [-0.3, -0.25) is 0 Å². The molecule has 1 atom stereocenters. The van der Waals surface area contributed by atoms with Crippen LogP contribution in [0.3, 0.4) is 0 Å². The summed E-state index contributed by atoms with van der Waals surface area (Å²) in [5, 5.41) is 8.36. The van der Waals surface area contributed by atoms with Crippen LogP contribution in [0.2, 0.25) is 0 Å². The highest BCUT2D eigenvalue weighted by Crippen LogP contribution is 2.26. The second-order valence-electron chi connectivity index (χ2n) is 2.73. The fourth-order valence-electron chi connectivity index (χ4n) is 1.08. The quantitative estimate of drug-likeness (QED) is 0.853. The smallest absolute Gasteiger partial charge is 0.145 e. The van der Waals surface area contributed by atoms with Crippen molar-refractivity contribution in [2.24, 2.45) is 5.73 Å². The molecule has 0 aromatic heterocycles. The van der Waals surface area contributed by atoms with E-state index in [2.05, 4.69) is 15.9 Å². The van der Waals surface area contributed by atoms with Crippen LogP contribution in [0.15, 0.2) is 16.6 Å². The van der Waals surface area contributed by atoms with E-state index in [-0.39, 0.29) is 28.9 Å². The fraction of sp³-hybridized carbons (Fsp3) is 0.222. The third-order valence-electron chi connectivity index (χ3n) is 1.76. The minimum absolute atomic E-state index is 0. The lowest BCUT2D eigenvalue weighted by molar-refractivity contribution is 0.524. The summed E-state index contributed by atoms with van der Waals surface area (Å²) in [6, 6.07) is 3.20. The second kappa shape index (κ2) is 6.01. The number of benzene rings is 1. The van der Waals surface area contributed by atoms with Gasteiger partial charge in [-0.15, -0.1) is 12.4 Å². The van der Waals surface area contributed by atoms with E-state index in [1.165, 1.54) is 6.07 Å². The van der Waals surface area contributed by atoms with Gasteiger partial charge in [0.15, 0.2) is 0 Å². The van der Waals surface area contributed by atoms with Gasteiger partial charge >= 0.3 is 0 Å². The van der Waals surface area contributed by atoms with Crippen molar-refractivity contribution in [2.75, 3.05) is 0 Å². The van der Waals surface area contributed by atoms with E-state index in [9.17, 15) is 8.78 Å². The number of rotatable bonds is 2. The van der Waals surface area contributed by atoms with Gasteiger partial charge in [0.2, 0.25) is 0 Å². The molecule has 1 aromatic carbocycles. The van der Waals surface area contributed by atoms with Gasteiger partial charge < -0.3 is 5.73 Å². The molecule has 2 nitrogen and oxygen atoms in total. The Kier molecular flexibility index (Phi) is 5.73. The molecule has 0 spiro atoms. The van der Waals surface area contributed by atoms with Crippen molar-refractivity contribution in [1.82, 2.24) is 0 Å². The average molecular weight is 298 g/mol. The molecule has 0 aliphatic rings. The molecule has 0 aliphatic heterocycles. The number of nitriles is 1. The number of nitrogens with zero attached hydrogens (tertiary/aromatic N) is 1. The molecule has 82 valence electrons. The molecule has 1 rings (SSSR count). The molecule has 0 unspecified atom stereocenters. The molecule has 0 aliphatic carbocycles. The molecule has 0 bridgehead atoms. The van der Waals surface area contributed by atoms with Gasteiger partial charge in [0.25, 0.3) is 0 Å². The van der Waals surface area contributed by atoms with Crippen molar-refractivity contribution >= 4 is 28.3 Å². The Labute approximate surface area is 101 Å². The van der Waals surface area contributed by atoms with E-state index in [1.54, 1.807) is 6.07 Å². The van der Waals surface area contributed by atoms with Gasteiger partial charge in [-0.25, -0.2) is 8.78 Å². The molecule has 1 aromatic rings. The van der Waals surface area contributed by atoms with Crippen molar-refractivity contribution < 1.29 is 8.78 Å². The van der Waals surface area contributed by atoms with E-state index in [4.69, 9.17) is 11.0 Å². The van der Waals surface area contributed by atoms with Crippen LogP contribution >= 0.6 is 28.3 Å². The lowest BCUT2D eigenvalue weighted by Gasteiger charge is -2.11. The Morgan fingerprint density at radius 3 is 2.60 bits per heavy atom. The number of nitrogens with two attached hydrogens (primary N) is 1. The first-order valence-corrected chi connectivity index (χ1v) is 4.63. The Hall–Kier alpha value is -0.700. The zero-order chi connectivity index (χ0) is 10.7. The predicted octanol–water partition coefficient (Wildman–Crippen LogP) is 3.06. The average Bonchev–Trinajstić information content (AvgIpc) is 2.13. The molecule has 0 fully saturated rings. The van der Waals surface area contributed by atoms with Crippen LogP contribution in [0.1, 0.15) is 18.0 Å². The number of halogens is 4. The summed E-state index contributed by atoms with van der Waals surface area (Å²) in [4.78, 5) is 0. The van der Waals surface area contributed by atoms with Crippen LogP contribution in [0.5, 0.6) is 0 Å². The van der Waals surface area contributed by atoms with E-state index in [0.29, 0.717) is 0 Å². The summed E-state index contributed by atoms with van der Waals surface area (Å²) in [6.45, 7) is 0. The molecular weight excluding hydrogens is 289 g/mol. The summed E-state index contributed by atoms with van der Waals surface area (Å²) in [7, 11) is 0. The standard InChI is InChI=1S/C9H7BrF2N2.ClH/c10-5-1-2-6(11)8(9(5)12)7(14)3-4-13;/h1-2,7H,3,14H2;1H/t7-;/m1./s1. The molecule has 2 N–H and O–H groups in total. The summed E-state index contributed by atoms with van der Waals surface area (Å²) >= 11 is 2.92. The molecule has 0 amide bonds. The molecule has 0 radical (unpaired) electrons. The Bertz CT molecular complexity index is 392. The van der Waals surface area contributed by atoms with Crippen LogP contribution in [0, 0.1) is 23.0 Å². The first-order valence-electron chi connectivity index (χ1n) is 3.84. The zero-order valence-corrected chi connectivity index (χ0v) is 9.91. The zero-order valence-electron chi connectivity index (χ0n) is 7.51. The molecule has 6 heteroatoms. The van der Waals surface area contributed by atoms with Crippen molar-refractivity contribution in [1.29, 1.82) is 5.26 Å². The van der Waals surface area contributed by atoms with Crippen LogP contribution in [-0.2, 0) is 0 Å². The lowest BCUT2D eigenvalue weighted by atomic mass is 10.0. The van der Waals surface area contributed by atoms with Gasteiger partial charge in [-0.1, -0.05) is 0 Å². The van der Waals surface area contributed by atoms with Gasteiger partial charge in [0.05, 0.1) is 17.0 Å². The largest absolute Gasteiger partial charge is 0.323 e. The minimum atomic E-state index is -0.933. The molecule has 0 heterocycles. The van der Waals surface area contributed by atoms with Gasteiger partial charge in [-0.2, -0.15) is 5.26 Å². The minimum Gasteiger partial charge on any atom is -0.323 e. The fourth-order valence-corrected chi connectivity index (χ4v) is 1.43. The molecule has 0 saturated carbocycles.